The second-order valence-electron chi connectivity index (χ2n) is 8.26. The second kappa shape index (κ2) is 8.00. The third-order valence-corrected chi connectivity index (χ3v) is 5.47. The van der Waals surface area contributed by atoms with E-state index in [1.807, 2.05) is 0 Å². The van der Waals surface area contributed by atoms with Gasteiger partial charge in [0.2, 0.25) is 0 Å². The third kappa shape index (κ3) is 4.44. The van der Waals surface area contributed by atoms with Gasteiger partial charge in [0.15, 0.2) is 11.0 Å². The van der Waals surface area contributed by atoms with Crippen LogP contribution in [0.3, 0.4) is 0 Å². The first-order valence-electron chi connectivity index (χ1n) is 9.59. The molecule has 0 spiro atoms. The lowest BCUT2D eigenvalue weighted by Gasteiger charge is -2.39. The van der Waals surface area contributed by atoms with E-state index >= 15 is 0 Å². The van der Waals surface area contributed by atoms with Gasteiger partial charge in [0.05, 0.1) is 19.2 Å². The Hall–Kier alpha value is -2.87. The van der Waals surface area contributed by atoms with Gasteiger partial charge in [-0.15, -0.1) is 0 Å². The number of pyridine rings is 1. The number of hydrogen-bond donors (Lipinski definition) is 1. The Morgan fingerprint density at radius 3 is 2.39 bits per heavy atom. The van der Waals surface area contributed by atoms with Crippen molar-refractivity contribution in [3.8, 4) is 5.75 Å². The Kier molecular flexibility index (Phi) is 5.88. The van der Waals surface area contributed by atoms with E-state index in [1.165, 1.54) is 56.0 Å². The minimum atomic E-state index is -4.97. The Morgan fingerprint density at radius 1 is 1.06 bits per heavy atom. The highest BCUT2D eigenvalue weighted by Crippen LogP contribution is 2.44. The Bertz CT molecular complexity index is 1150. The fourth-order valence-corrected chi connectivity index (χ4v) is 3.98. The Balaban J connectivity index is 2.07. The number of methoxy groups -OCH3 is 1. The predicted octanol–water partition coefficient (Wildman–Crippen LogP) is 4.81. The molecule has 166 valence electrons. The number of aliphatic hydroxyl groups is 1. The zero-order valence-corrected chi connectivity index (χ0v) is 17.3. The van der Waals surface area contributed by atoms with Crippen LogP contribution in [0.15, 0.2) is 59.5 Å². The van der Waals surface area contributed by atoms with Crippen molar-refractivity contribution in [1.82, 2.24) is 4.57 Å². The van der Waals surface area contributed by atoms with E-state index in [0.717, 1.165) is 12.1 Å². The molecule has 0 radical (unpaired) electrons. The van der Waals surface area contributed by atoms with Crippen LogP contribution in [0.25, 0.3) is 10.9 Å². The number of hydrogen-bond acceptors (Lipinski definition) is 3. The van der Waals surface area contributed by atoms with Crippen LogP contribution in [0.2, 0.25) is 0 Å². The standard InChI is InChI=1S/C23H23F4NO3/c1-21(2,17-9-8-15(24)12-20(17)31-3)13-22(30,23(25,26)27)14-28-11-10-19(29)16-6-4-5-7-18(16)28/h4-12,30H,13-14H2,1-3H3. The average molecular weight is 437 g/mol. The summed E-state index contributed by atoms with van der Waals surface area (Å²) in [5.74, 6) is -0.481. The molecular formula is C23H23F4NO3. The van der Waals surface area contributed by atoms with Crippen LogP contribution in [0.5, 0.6) is 5.75 Å². The summed E-state index contributed by atoms with van der Waals surface area (Å²) in [5.41, 5.74) is -4.05. The van der Waals surface area contributed by atoms with Crippen molar-refractivity contribution in [3.05, 3.63) is 76.3 Å². The topological polar surface area (TPSA) is 51.5 Å². The van der Waals surface area contributed by atoms with Gasteiger partial charge in [0.25, 0.3) is 0 Å². The van der Waals surface area contributed by atoms with E-state index in [9.17, 15) is 27.5 Å². The van der Waals surface area contributed by atoms with Crippen LogP contribution < -0.4 is 10.2 Å². The SMILES string of the molecule is COc1cc(F)ccc1C(C)(C)CC(O)(Cn1ccc(=O)c2ccccc21)C(F)(F)F. The van der Waals surface area contributed by atoms with Gasteiger partial charge in [-0.1, -0.05) is 32.0 Å². The molecule has 2 aromatic carbocycles. The fraction of sp³-hybridized carbons (Fsp3) is 0.348. The highest BCUT2D eigenvalue weighted by molar-refractivity contribution is 5.78. The molecule has 31 heavy (non-hydrogen) atoms. The molecule has 1 heterocycles. The first kappa shape index (κ1) is 22.8. The van der Waals surface area contributed by atoms with Gasteiger partial charge in [-0.2, -0.15) is 13.2 Å². The van der Waals surface area contributed by atoms with E-state index in [2.05, 4.69) is 0 Å². The predicted molar refractivity (Wildman–Crippen MR) is 110 cm³/mol. The van der Waals surface area contributed by atoms with Gasteiger partial charge in [-0.25, -0.2) is 4.39 Å². The summed E-state index contributed by atoms with van der Waals surface area (Å²) < 4.78 is 62.4. The summed E-state index contributed by atoms with van der Waals surface area (Å²) in [5, 5.41) is 11.2. The van der Waals surface area contributed by atoms with Gasteiger partial charge in [0, 0.05) is 29.3 Å². The number of para-hydroxylation sites is 1. The van der Waals surface area contributed by atoms with Crippen LogP contribution in [-0.4, -0.2) is 28.6 Å². The van der Waals surface area contributed by atoms with Crippen molar-refractivity contribution in [1.29, 1.82) is 0 Å². The molecule has 0 saturated carbocycles. The van der Waals surface area contributed by atoms with Gasteiger partial charge >= 0.3 is 6.18 Å². The molecule has 3 aromatic rings. The van der Waals surface area contributed by atoms with E-state index in [0.29, 0.717) is 5.56 Å². The van der Waals surface area contributed by atoms with E-state index < -0.39 is 36.0 Å². The summed E-state index contributed by atoms with van der Waals surface area (Å²) in [6.07, 6.45) is -4.44. The minimum Gasteiger partial charge on any atom is -0.496 e. The molecule has 1 N–H and O–H groups in total. The lowest BCUT2D eigenvalue weighted by atomic mass is 9.74. The zero-order valence-electron chi connectivity index (χ0n) is 17.3. The summed E-state index contributed by atoms with van der Waals surface area (Å²) in [6.45, 7) is 2.25. The van der Waals surface area contributed by atoms with Gasteiger partial charge in [0.1, 0.15) is 11.6 Å². The highest BCUT2D eigenvalue weighted by atomic mass is 19.4. The summed E-state index contributed by atoms with van der Waals surface area (Å²) in [6, 6.07) is 11.1. The first-order chi connectivity index (χ1) is 14.4. The first-order valence-corrected chi connectivity index (χ1v) is 9.59. The summed E-state index contributed by atoms with van der Waals surface area (Å²) >= 11 is 0. The number of alkyl halides is 3. The number of aromatic nitrogens is 1. The molecule has 1 unspecified atom stereocenters. The molecule has 3 rings (SSSR count). The summed E-state index contributed by atoms with van der Waals surface area (Å²) in [7, 11) is 1.30. The largest absolute Gasteiger partial charge is 0.496 e. The molecule has 0 amide bonds. The Morgan fingerprint density at radius 2 is 1.74 bits per heavy atom. The number of halogens is 4. The smallest absolute Gasteiger partial charge is 0.418 e. The Labute approximate surface area is 176 Å². The lowest BCUT2D eigenvalue weighted by molar-refractivity contribution is -0.271. The molecule has 1 atom stereocenters. The fourth-order valence-electron chi connectivity index (χ4n) is 3.98. The lowest BCUT2D eigenvalue weighted by Crippen LogP contribution is -2.52. The van der Waals surface area contributed by atoms with Crippen molar-refractivity contribution >= 4 is 10.9 Å². The number of ether oxygens (including phenoxy) is 1. The highest BCUT2D eigenvalue weighted by Gasteiger charge is 2.56. The van der Waals surface area contributed by atoms with Crippen LogP contribution >= 0.6 is 0 Å². The molecular weight excluding hydrogens is 414 g/mol. The maximum absolute atomic E-state index is 14.1. The number of nitrogens with zero attached hydrogens (tertiary/aromatic N) is 1. The monoisotopic (exact) mass is 437 g/mol. The summed E-state index contributed by atoms with van der Waals surface area (Å²) in [4.78, 5) is 12.1. The molecule has 0 aliphatic rings. The number of benzene rings is 2. The molecule has 1 aromatic heterocycles. The van der Waals surface area contributed by atoms with Crippen LogP contribution in [0, 0.1) is 5.82 Å². The van der Waals surface area contributed by atoms with E-state index in [1.54, 1.807) is 12.1 Å². The van der Waals surface area contributed by atoms with Crippen molar-refractivity contribution in [2.24, 2.45) is 0 Å². The molecule has 0 saturated heterocycles. The maximum Gasteiger partial charge on any atom is 0.418 e. The normalized spacial score (nSPS) is 14.5. The molecule has 4 nitrogen and oxygen atoms in total. The molecule has 0 aliphatic carbocycles. The minimum absolute atomic E-state index is 0.100. The third-order valence-electron chi connectivity index (χ3n) is 5.47. The van der Waals surface area contributed by atoms with Crippen LogP contribution in [-0.2, 0) is 12.0 Å². The van der Waals surface area contributed by atoms with Crippen molar-refractivity contribution < 1.29 is 27.4 Å². The van der Waals surface area contributed by atoms with E-state index in [4.69, 9.17) is 4.74 Å². The van der Waals surface area contributed by atoms with Crippen LogP contribution in [0.1, 0.15) is 25.8 Å². The maximum atomic E-state index is 14.1. The van der Waals surface area contributed by atoms with Gasteiger partial charge < -0.3 is 14.4 Å². The quantitative estimate of drug-likeness (QED) is 0.563. The van der Waals surface area contributed by atoms with E-state index in [-0.39, 0.29) is 22.1 Å². The van der Waals surface area contributed by atoms with Crippen molar-refractivity contribution in [2.75, 3.05) is 7.11 Å². The number of rotatable bonds is 6. The molecule has 8 heteroatoms. The molecule has 0 fully saturated rings. The zero-order chi connectivity index (χ0) is 23.0. The number of fused-ring (bicyclic) bond motifs is 1. The van der Waals surface area contributed by atoms with Gasteiger partial charge in [-0.3, -0.25) is 4.79 Å². The van der Waals surface area contributed by atoms with Gasteiger partial charge in [-0.05, 0) is 30.0 Å². The van der Waals surface area contributed by atoms with Crippen molar-refractivity contribution in [2.45, 2.75) is 44.0 Å². The average Bonchev–Trinajstić information content (AvgIpc) is 2.69. The van der Waals surface area contributed by atoms with Crippen molar-refractivity contribution in [3.63, 3.8) is 0 Å². The van der Waals surface area contributed by atoms with Crippen LogP contribution in [0.4, 0.5) is 17.6 Å². The second-order valence-corrected chi connectivity index (χ2v) is 8.26. The molecule has 0 bridgehead atoms. The molecule has 0 aliphatic heterocycles.